The predicted octanol–water partition coefficient (Wildman–Crippen LogP) is 1.81. The average Bonchev–Trinajstić information content (AvgIpc) is 2.83. The molecule has 0 fully saturated rings. The number of sulfonamides is 1. The average molecular weight is 364 g/mol. The highest BCUT2D eigenvalue weighted by molar-refractivity contribution is 9.10. The van der Waals surface area contributed by atoms with Gasteiger partial charge in [-0.3, -0.25) is 9.82 Å². The van der Waals surface area contributed by atoms with Gasteiger partial charge in [-0.1, -0.05) is 0 Å². The van der Waals surface area contributed by atoms with Gasteiger partial charge in [0.05, 0.1) is 11.9 Å². The number of benzene rings is 1. The van der Waals surface area contributed by atoms with Crippen molar-refractivity contribution in [2.75, 3.05) is 4.72 Å². The number of anilines is 1. The van der Waals surface area contributed by atoms with Crippen LogP contribution in [-0.4, -0.2) is 29.7 Å². The van der Waals surface area contributed by atoms with E-state index in [1.807, 2.05) is 0 Å². The molecule has 1 heterocycles. The van der Waals surface area contributed by atoms with Gasteiger partial charge in [0.15, 0.2) is 5.03 Å². The number of carboxylic acid groups (broad SMARTS) is 1. The number of aromatic carboxylic acids is 1. The Morgan fingerprint density at radius 2 is 2.15 bits per heavy atom. The van der Waals surface area contributed by atoms with Crippen molar-refractivity contribution in [2.45, 2.75) is 5.03 Å². The van der Waals surface area contributed by atoms with Gasteiger partial charge >= 0.3 is 5.97 Å². The first kappa shape index (κ1) is 14.5. The number of nitrogens with zero attached hydrogens (tertiary/aromatic N) is 1. The lowest BCUT2D eigenvalue weighted by molar-refractivity contribution is 0.0692. The summed E-state index contributed by atoms with van der Waals surface area (Å²) in [5.41, 5.74) is -0.569. The second kappa shape index (κ2) is 5.21. The van der Waals surface area contributed by atoms with Crippen molar-refractivity contribution in [1.82, 2.24) is 10.2 Å². The smallest absolute Gasteiger partial charge is 0.340 e. The summed E-state index contributed by atoms with van der Waals surface area (Å²) >= 11 is 3.06. The number of carbonyl (C=O) groups is 1. The van der Waals surface area contributed by atoms with E-state index >= 15 is 0 Å². The first-order valence-electron chi connectivity index (χ1n) is 5.06. The van der Waals surface area contributed by atoms with Crippen molar-refractivity contribution in [3.63, 3.8) is 0 Å². The Morgan fingerprint density at radius 3 is 2.80 bits per heavy atom. The molecule has 2 rings (SSSR count). The molecule has 20 heavy (non-hydrogen) atoms. The van der Waals surface area contributed by atoms with Crippen LogP contribution >= 0.6 is 15.9 Å². The number of aromatic nitrogens is 2. The summed E-state index contributed by atoms with van der Waals surface area (Å²) in [5, 5.41) is 13.7. The van der Waals surface area contributed by atoms with Gasteiger partial charge in [0.2, 0.25) is 0 Å². The summed E-state index contributed by atoms with van der Waals surface area (Å²) < 4.78 is 39.6. The molecular weight excluding hydrogens is 357 g/mol. The van der Waals surface area contributed by atoms with E-state index in [-0.39, 0.29) is 5.69 Å². The Labute approximate surface area is 121 Å². The number of carboxylic acids is 1. The Kier molecular flexibility index (Phi) is 3.77. The van der Waals surface area contributed by atoms with Gasteiger partial charge in [0.1, 0.15) is 11.4 Å². The van der Waals surface area contributed by atoms with E-state index in [9.17, 15) is 17.6 Å². The summed E-state index contributed by atoms with van der Waals surface area (Å²) in [6.07, 6.45) is 0.873. The number of halogens is 2. The Hall–Kier alpha value is -1.94. The van der Waals surface area contributed by atoms with E-state index < -0.39 is 32.4 Å². The highest BCUT2D eigenvalue weighted by Gasteiger charge is 2.25. The Bertz CT molecular complexity index is 775. The maximum Gasteiger partial charge on any atom is 0.340 e. The molecule has 1 aromatic heterocycles. The van der Waals surface area contributed by atoms with Crippen molar-refractivity contribution in [2.24, 2.45) is 0 Å². The van der Waals surface area contributed by atoms with Gasteiger partial charge in [-0.05, 0) is 34.1 Å². The molecule has 0 aliphatic heterocycles. The number of hydrogen-bond acceptors (Lipinski definition) is 4. The molecule has 3 N–H and O–H groups in total. The maximum absolute atomic E-state index is 13.1. The largest absolute Gasteiger partial charge is 0.478 e. The lowest BCUT2D eigenvalue weighted by Crippen LogP contribution is -2.17. The van der Waals surface area contributed by atoms with Crippen LogP contribution in [0, 0.1) is 5.82 Å². The summed E-state index contributed by atoms with van der Waals surface area (Å²) in [5.74, 6) is -2.09. The molecule has 0 atom stereocenters. The summed E-state index contributed by atoms with van der Waals surface area (Å²) in [6.45, 7) is 0. The van der Waals surface area contributed by atoms with Crippen LogP contribution in [0.3, 0.4) is 0 Å². The fourth-order valence-corrected chi connectivity index (χ4v) is 3.04. The van der Waals surface area contributed by atoms with Crippen molar-refractivity contribution in [1.29, 1.82) is 0 Å². The fraction of sp³-hybridized carbons (Fsp3) is 0. The summed E-state index contributed by atoms with van der Waals surface area (Å²) in [7, 11) is -4.23. The number of H-pyrrole nitrogens is 1. The van der Waals surface area contributed by atoms with Crippen molar-refractivity contribution in [3.8, 4) is 0 Å². The normalized spacial score (nSPS) is 11.3. The zero-order valence-corrected chi connectivity index (χ0v) is 12.0. The molecule has 0 aliphatic carbocycles. The van der Waals surface area contributed by atoms with E-state index in [2.05, 4.69) is 30.8 Å². The molecule has 0 saturated carbocycles. The van der Waals surface area contributed by atoms with Crippen LogP contribution in [0.5, 0.6) is 0 Å². The molecule has 0 aliphatic rings. The van der Waals surface area contributed by atoms with Crippen LogP contribution in [0.25, 0.3) is 0 Å². The molecule has 0 spiro atoms. The van der Waals surface area contributed by atoms with Gasteiger partial charge in [-0.15, -0.1) is 0 Å². The van der Waals surface area contributed by atoms with E-state index in [1.165, 1.54) is 6.07 Å². The SMILES string of the molecule is O=C(O)c1cn[nH]c1S(=O)(=O)Nc1cc(F)ccc1Br. The third-order valence-electron chi connectivity index (χ3n) is 2.28. The standard InChI is InChI=1S/C10H7BrFN3O4S/c11-7-2-1-5(12)3-8(7)15-20(18,19)9-6(10(16)17)4-13-14-9/h1-4,15H,(H,13,14)(H,16,17). The minimum Gasteiger partial charge on any atom is -0.478 e. The first-order chi connectivity index (χ1) is 9.31. The first-order valence-corrected chi connectivity index (χ1v) is 7.33. The molecule has 0 saturated heterocycles. The Morgan fingerprint density at radius 1 is 1.45 bits per heavy atom. The molecule has 106 valence electrons. The van der Waals surface area contributed by atoms with Crippen LogP contribution in [0.15, 0.2) is 33.9 Å². The molecule has 1 aromatic carbocycles. The third-order valence-corrected chi connectivity index (χ3v) is 4.31. The zero-order chi connectivity index (χ0) is 14.9. The van der Waals surface area contributed by atoms with Gasteiger partial charge in [0.25, 0.3) is 10.0 Å². The van der Waals surface area contributed by atoms with Crippen LogP contribution in [0.2, 0.25) is 0 Å². The highest BCUT2D eigenvalue weighted by Crippen LogP contribution is 2.26. The van der Waals surface area contributed by atoms with Crippen molar-refractivity contribution < 1.29 is 22.7 Å². The molecule has 0 unspecified atom stereocenters. The van der Waals surface area contributed by atoms with Gasteiger partial charge in [-0.2, -0.15) is 13.5 Å². The molecule has 0 bridgehead atoms. The van der Waals surface area contributed by atoms with Crippen molar-refractivity contribution in [3.05, 3.63) is 40.2 Å². The van der Waals surface area contributed by atoms with E-state index in [4.69, 9.17) is 5.11 Å². The second-order valence-electron chi connectivity index (χ2n) is 3.65. The topological polar surface area (TPSA) is 112 Å². The maximum atomic E-state index is 13.1. The van der Waals surface area contributed by atoms with Gasteiger partial charge in [0, 0.05) is 4.47 Å². The van der Waals surface area contributed by atoms with E-state index in [0.29, 0.717) is 4.47 Å². The van der Waals surface area contributed by atoms with Crippen LogP contribution in [0.4, 0.5) is 10.1 Å². The molecule has 2 aromatic rings. The minimum absolute atomic E-state index is 0.0593. The lowest BCUT2D eigenvalue weighted by Gasteiger charge is -2.09. The van der Waals surface area contributed by atoms with Crippen LogP contribution in [-0.2, 0) is 10.0 Å². The van der Waals surface area contributed by atoms with Crippen LogP contribution in [0.1, 0.15) is 10.4 Å². The number of hydrogen-bond donors (Lipinski definition) is 3. The monoisotopic (exact) mass is 363 g/mol. The van der Waals surface area contributed by atoms with Crippen LogP contribution < -0.4 is 4.72 Å². The quantitative estimate of drug-likeness (QED) is 0.766. The summed E-state index contributed by atoms with van der Waals surface area (Å²) in [4.78, 5) is 10.9. The molecular formula is C10H7BrFN3O4S. The molecule has 0 radical (unpaired) electrons. The second-order valence-corrected chi connectivity index (χ2v) is 6.12. The highest BCUT2D eigenvalue weighted by atomic mass is 79.9. The van der Waals surface area contributed by atoms with Crippen molar-refractivity contribution >= 4 is 37.6 Å². The molecule has 10 heteroatoms. The Balaban J connectivity index is 2.44. The molecule has 7 nitrogen and oxygen atoms in total. The molecule has 0 amide bonds. The van der Waals surface area contributed by atoms with E-state index in [1.54, 1.807) is 0 Å². The fourth-order valence-electron chi connectivity index (χ4n) is 1.40. The van der Waals surface area contributed by atoms with Gasteiger partial charge < -0.3 is 5.11 Å². The number of rotatable bonds is 4. The number of nitrogens with one attached hydrogen (secondary N) is 2. The number of aromatic amines is 1. The summed E-state index contributed by atoms with van der Waals surface area (Å²) in [6, 6.07) is 3.41. The third kappa shape index (κ3) is 2.80. The minimum atomic E-state index is -4.23. The van der Waals surface area contributed by atoms with Gasteiger partial charge in [-0.25, -0.2) is 9.18 Å². The predicted molar refractivity (Wildman–Crippen MR) is 70.5 cm³/mol. The van der Waals surface area contributed by atoms with E-state index in [0.717, 1.165) is 18.3 Å². The lowest BCUT2D eigenvalue weighted by atomic mass is 10.3. The zero-order valence-electron chi connectivity index (χ0n) is 9.59.